The van der Waals surface area contributed by atoms with E-state index in [0.29, 0.717) is 5.95 Å². The van der Waals surface area contributed by atoms with Crippen LogP contribution >= 0.6 is 15.9 Å². The van der Waals surface area contributed by atoms with E-state index in [2.05, 4.69) is 69.4 Å². The molecule has 0 aliphatic rings. The molecule has 0 aliphatic carbocycles. The van der Waals surface area contributed by atoms with Crippen LogP contribution in [0, 0.1) is 20.8 Å². The third-order valence-electron chi connectivity index (χ3n) is 3.14. The molecule has 0 saturated carbocycles. The molecule has 0 aliphatic heterocycles. The van der Waals surface area contributed by atoms with Gasteiger partial charge < -0.3 is 10.6 Å². The van der Waals surface area contributed by atoms with E-state index in [-0.39, 0.29) is 0 Å². The fraction of sp³-hybridized carbons (Fsp3) is 0.375. The third-order valence-corrected chi connectivity index (χ3v) is 3.60. The maximum absolute atomic E-state index is 4.53. The Labute approximate surface area is 134 Å². The van der Waals surface area contributed by atoms with Crippen molar-refractivity contribution >= 4 is 33.4 Å². The van der Waals surface area contributed by atoms with Crippen molar-refractivity contribution in [2.24, 2.45) is 0 Å². The smallest absolute Gasteiger partial charge is 0.224 e. The molecule has 0 spiro atoms. The van der Waals surface area contributed by atoms with Gasteiger partial charge in [0.05, 0.1) is 0 Å². The molecule has 21 heavy (non-hydrogen) atoms. The summed E-state index contributed by atoms with van der Waals surface area (Å²) >= 11 is 3.52. The molecule has 1 aromatic carbocycles. The van der Waals surface area contributed by atoms with E-state index in [1.165, 1.54) is 11.1 Å². The minimum atomic E-state index is 0.673. The largest absolute Gasteiger partial charge is 0.354 e. The fourth-order valence-corrected chi connectivity index (χ4v) is 2.87. The minimum Gasteiger partial charge on any atom is -0.354 e. The number of hydrogen-bond acceptors (Lipinski definition) is 4. The highest BCUT2D eigenvalue weighted by Crippen LogP contribution is 2.27. The highest BCUT2D eigenvalue weighted by Gasteiger charge is 2.07. The number of rotatable bonds is 5. The van der Waals surface area contributed by atoms with Crippen LogP contribution in [0.1, 0.15) is 30.2 Å². The third kappa shape index (κ3) is 4.17. The summed E-state index contributed by atoms with van der Waals surface area (Å²) in [6, 6.07) is 6.15. The van der Waals surface area contributed by atoms with Gasteiger partial charge in [-0.2, -0.15) is 4.98 Å². The summed E-state index contributed by atoms with van der Waals surface area (Å²) in [5, 5.41) is 6.64. The van der Waals surface area contributed by atoms with Crippen molar-refractivity contribution in [2.75, 3.05) is 17.2 Å². The van der Waals surface area contributed by atoms with Gasteiger partial charge in [-0.15, -0.1) is 0 Å². The first-order chi connectivity index (χ1) is 9.99. The molecule has 0 unspecified atom stereocenters. The van der Waals surface area contributed by atoms with Crippen LogP contribution in [0.4, 0.5) is 17.5 Å². The summed E-state index contributed by atoms with van der Waals surface area (Å²) in [6.07, 6.45) is 1.05. The van der Waals surface area contributed by atoms with Gasteiger partial charge in [-0.05, 0) is 50.5 Å². The summed E-state index contributed by atoms with van der Waals surface area (Å²) in [4.78, 5) is 8.93. The van der Waals surface area contributed by atoms with E-state index in [1.807, 2.05) is 13.0 Å². The lowest BCUT2D eigenvalue weighted by Crippen LogP contribution is -2.07. The first-order valence-corrected chi connectivity index (χ1v) is 7.92. The molecule has 0 bridgehead atoms. The molecule has 2 rings (SSSR count). The Kier molecular flexibility index (Phi) is 5.17. The lowest BCUT2D eigenvalue weighted by atomic mass is 10.1. The number of benzene rings is 1. The van der Waals surface area contributed by atoms with Crippen LogP contribution in [0.15, 0.2) is 22.7 Å². The summed E-state index contributed by atoms with van der Waals surface area (Å²) in [7, 11) is 0. The van der Waals surface area contributed by atoms with Gasteiger partial charge in [0.2, 0.25) is 5.95 Å². The molecule has 0 atom stereocenters. The molecule has 1 aromatic heterocycles. The van der Waals surface area contributed by atoms with Crippen molar-refractivity contribution in [2.45, 2.75) is 34.1 Å². The van der Waals surface area contributed by atoms with Crippen LogP contribution < -0.4 is 10.6 Å². The molecule has 2 aromatic rings. The Bertz CT molecular complexity index is 617. The van der Waals surface area contributed by atoms with E-state index in [4.69, 9.17) is 0 Å². The average Bonchev–Trinajstić information content (AvgIpc) is 2.40. The normalized spacial score (nSPS) is 10.5. The zero-order valence-corrected chi connectivity index (χ0v) is 14.5. The van der Waals surface area contributed by atoms with E-state index < -0.39 is 0 Å². The van der Waals surface area contributed by atoms with Gasteiger partial charge in [-0.25, -0.2) is 4.98 Å². The number of aromatic nitrogens is 2. The second kappa shape index (κ2) is 6.89. The van der Waals surface area contributed by atoms with Crippen molar-refractivity contribution < 1.29 is 0 Å². The standard InChI is InChI=1S/C16H21BrN4/c1-5-6-18-16-19-12(4)9-14(21-16)20-15-10(2)7-13(17)8-11(15)3/h7-9H,5-6H2,1-4H3,(H2,18,19,20,21). The maximum Gasteiger partial charge on any atom is 0.224 e. The molecule has 112 valence electrons. The van der Waals surface area contributed by atoms with Crippen molar-refractivity contribution in [1.82, 2.24) is 9.97 Å². The minimum absolute atomic E-state index is 0.673. The Morgan fingerprint density at radius 2 is 1.71 bits per heavy atom. The Hall–Kier alpha value is -1.62. The summed E-state index contributed by atoms with van der Waals surface area (Å²) in [5.74, 6) is 1.49. The number of nitrogens with one attached hydrogen (secondary N) is 2. The van der Waals surface area contributed by atoms with E-state index >= 15 is 0 Å². The first kappa shape index (κ1) is 15.8. The summed E-state index contributed by atoms with van der Waals surface area (Å²) < 4.78 is 1.09. The molecule has 0 saturated heterocycles. The number of halogens is 1. The SMILES string of the molecule is CCCNc1nc(C)cc(Nc2c(C)cc(Br)cc2C)n1. The molecule has 0 amide bonds. The van der Waals surface area contributed by atoms with Crippen LogP contribution in [0.5, 0.6) is 0 Å². The lowest BCUT2D eigenvalue weighted by Gasteiger charge is -2.14. The zero-order chi connectivity index (χ0) is 15.4. The van der Waals surface area contributed by atoms with Gasteiger partial charge in [0.1, 0.15) is 5.82 Å². The Morgan fingerprint density at radius 3 is 2.33 bits per heavy atom. The number of anilines is 3. The van der Waals surface area contributed by atoms with Crippen molar-refractivity contribution in [3.63, 3.8) is 0 Å². The predicted molar refractivity (Wildman–Crippen MR) is 92.4 cm³/mol. The van der Waals surface area contributed by atoms with Crippen LogP contribution in [-0.2, 0) is 0 Å². The van der Waals surface area contributed by atoms with Gasteiger partial charge in [-0.1, -0.05) is 22.9 Å². The van der Waals surface area contributed by atoms with Gasteiger partial charge in [0.15, 0.2) is 0 Å². The molecule has 2 N–H and O–H groups in total. The molecular weight excluding hydrogens is 328 g/mol. The molecule has 1 heterocycles. The van der Waals surface area contributed by atoms with Crippen molar-refractivity contribution in [3.05, 3.63) is 39.5 Å². The molecular formula is C16H21BrN4. The van der Waals surface area contributed by atoms with Gasteiger partial charge in [0.25, 0.3) is 0 Å². The van der Waals surface area contributed by atoms with Crippen molar-refractivity contribution in [3.8, 4) is 0 Å². The quantitative estimate of drug-likeness (QED) is 0.819. The van der Waals surface area contributed by atoms with Gasteiger partial charge in [0, 0.05) is 28.5 Å². The maximum atomic E-state index is 4.53. The molecule has 0 fully saturated rings. The Morgan fingerprint density at radius 1 is 1.05 bits per heavy atom. The molecule has 5 heteroatoms. The van der Waals surface area contributed by atoms with E-state index in [0.717, 1.165) is 34.6 Å². The van der Waals surface area contributed by atoms with E-state index in [9.17, 15) is 0 Å². The van der Waals surface area contributed by atoms with Gasteiger partial charge in [-0.3, -0.25) is 0 Å². The number of nitrogens with zero attached hydrogens (tertiary/aromatic N) is 2. The topological polar surface area (TPSA) is 49.8 Å². The highest BCUT2D eigenvalue weighted by atomic mass is 79.9. The molecule has 4 nitrogen and oxygen atoms in total. The zero-order valence-electron chi connectivity index (χ0n) is 12.9. The van der Waals surface area contributed by atoms with Crippen LogP contribution in [0.3, 0.4) is 0 Å². The van der Waals surface area contributed by atoms with Gasteiger partial charge >= 0.3 is 0 Å². The monoisotopic (exact) mass is 348 g/mol. The second-order valence-corrected chi connectivity index (χ2v) is 6.10. The van der Waals surface area contributed by atoms with Crippen molar-refractivity contribution in [1.29, 1.82) is 0 Å². The number of aryl methyl sites for hydroxylation is 3. The summed E-state index contributed by atoms with van der Waals surface area (Å²) in [5.41, 5.74) is 4.40. The fourth-order valence-electron chi connectivity index (χ4n) is 2.18. The second-order valence-electron chi connectivity index (χ2n) is 5.18. The first-order valence-electron chi connectivity index (χ1n) is 7.13. The Balaban J connectivity index is 2.29. The number of hydrogen-bond donors (Lipinski definition) is 2. The van der Waals surface area contributed by atoms with Crippen LogP contribution in [0.2, 0.25) is 0 Å². The lowest BCUT2D eigenvalue weighted by molar-refractivity contribution is 0.947. The highest BCUT2D eigenvalue weighted by molar-refractivity contribution is 9.10. The average molecular weight is 349 g/mol. The van der Waals surface area contributed by atoms with Crippen LogP contribution in [0.25, 0.3) is 0 Å². The molecule has 0 radical (unpaired) electrons. The van der Waals surface area contributed by atoms with E-state index in [1.54, 1.807) is 0 Å². The predicted octanol–water partition coefficient (Wildman–Crippen LogP) is 4.73. The summed E-state index contributed by atoms with van der Waals surface area (Å²) in [6.45, 7) is 9.15. The van der Waals surface area contributed by atoms with Crippen LogP contribution in [-0.4, -0.2) is 16.5 Å².